The van der Waals surface area contributed by atoms with Gasteiger partial charge in [0, 0.05) is 13.5 Å². The maximum absolute atomic E-state index is 11.9. The van der Waals surface area contributed by atoms with E-state index in [2.05, 4.69) is 0 Å². The Labute approximate surface area is 127 Å². The van der Waals surface area contributed by atoms with Gasteiger partial charge in [-0.15, -0.1) is 0 Å². The summed E-state index contributed by atoms with van der Waals surface area (Å²) >= 11 is 0. The van der Waals surface area contributed by atoms with Gasteiger partial charge in [0.25, 0.3) is 0 Å². The molecule has 0 amide bonds. The van der Waals surface area contributed by atoms with E-state index >= 15 is 0 Å². The van der Waals surface area contributed by atoms with Gasteiger partial charge in [-0.1, -0.05) is 6.08 Å². The number of rotatable bonds is 3. The average Bonchev–Trinajstić information content (AvgIpc) is 2.66. The van der Waals surface area contributed by atoms with Gasteiger partial charge in [0.05, 0.1) is 18.3 Å². The Hall–Kier alpha value is -0.845. The number of esters is 1. The third-order valence-corrected chi connectivity index (χ3v) is 5.02. The van der Waals surface area contributed by atoms with Gasteiger partial charge in [-0.25, -0.2) is 4.79 Å². The lowest BCUT2D eigenvalue weighted by Crippen LogP contribution is -2.44. The van der Waals surface area contributed by atoms with E-state index in [4.69, 9.17) is 18.8 Å². The molecule has 2 aliphatic rings. The molecule has 5 nitrogen and oxygen atoms in total. The summed E-state index contributed by atoms with van der Waals surface area (Å²) in [5.41, 5.74) is -0.500. The van der Waals surface area contributed by atoms with Crippen LogP contribution in [0.4, 0.5) is 0 Å². The van der Waals surface area contributed by atoms with Crippen molar-refractivity contribution in [3.63, 3.8) is 0 Å². The molecule has 1 saturated heterocycles. The highest BCUT2D eigenvalue weighted by atomic mass is 16.7. The van der Waals surface area contributed by atoms with E-state index in [9.17, 15) is 4.79 Å². The zero-order chi connectivity index (χ0) is 15.9. The van der Waals surface area contributed by atoms with Crippen molar-refractivity contribution in [3.05, 3.63) is 11.5 Å². The minimum atomic E-state index is -0.873. The highest BCUT2D eigenvalue weighted by Crippen LogP contribution is 2.41. The third-order valence-electron chi connectivity index (χ3n) is 5.02. The molecule has 6 heteroatoms. The topological polar surface area (TPSA) is 54.0 Å². The quantitative estimate of drug-likeness (QED) is 0.591. The fraction of sp³-hybridized carbons (Fsp3) is 0.800. The van der Waals surface area contributed by atoms with Gasteiger partial charge in [0.1, 0.15) is 0 Å². The monoisotopic (exact) mass is 296 g/mol. The second-order valence-electron chi connectivity index (χ2n) is 6.76. The van der Waals surface area contributed by atoms with Crippen molar-refractivity contribution in [2.45, 2.75) is 63.8 Å². The molecule has 1 aliphatic heterocycles. The van der Waals surface area contributed by atoms with E-state index in [1.54, 1.807) is 7.11 Å². The molecule has 0 radical (unpaired) electrons. The lowest BCUT2D eigenvalue weighted by Gasteiger charge is -2.32. The Balaban J connectivity index is 2.13. The standard InChI is InChI=1S/C15H25BO5/c1-13(2)14(3,4)21-16(20-13)11-7-9-15(19-6,10-8-11)12(17)18-5/h7H,8-10H2,1-6H3. The molecule has 1 fully saturated rings. The fourth-order valence-corrected chi connectivity index (χ4v) is 2.69. The van der Waals surface area contributed by atoms with Gasteiger partial charge in [0.2, 0.25) is 0 Å². The number of carbonyl (C=O) groups excluding carboxylic acids is 1. The molecular formula is C15H25BO5. The zero-order valence-electron chi connectivity index (χ0n) is 13.8. The Bertz CT molecular complexity index is 441. The minimum absolute atomic E-state index is 0.325. The van der Waals surface area contributed by atoms with Crippen LogP contribution in [-0.4, -0.2) is 44.1 Å². The van der Waals surface area contributed by atoms with E-state index in [1.807, 2.05) is 33.8 Å². The fourth-order valence-electron chi connectivity index (χ4n) is 2.69. The molecule has 0 aromatic heterocycles. The number of hydrogen-bond acceptors (Lipinski definition) is 5. The van der Waals surface area contributed by atoms with Gasteiger partial charge >= 0.3 is 13.1 Å². The van der Waals surface area contributed by atoms with Crippen LogP contribution in [0.25, 0.3) is 0 Å². The summed E-state index contributed by atoms with van der Waals surface area (Å²) in [6.45, 7) is 8.13. The first kappa shape index (κ1) is 16.5. The SMILES string of the molecule is COC(=O)C1(OC)CC=C(B2OC(C)(C)C(C)(C)O2)CC1. The average molecular weight is 296 g/mol. The molecule has 0 spiro atoms. The highest BCUT2D eigenvalue weighted by molar-refractivity contribution is 6.54. The summed E-state index contributed by atoms with van der Waals surface area (Å²) in [6.07, 6.45) is 3.74. The van der Waals surface area contributed by atoms with Gasteiger partial charge in [-0.2, -0.15) is 0 Å². The molecule has 1 unspecified atom stereocenters. The molecule has 2 rings (SSSR count). The Morgan fingerprint density at radius 2 is 1.76 bits per heavy atom. The minimum Gasteiger partial charge on any atom is -0.467 e. The molecule has 1 atom stereocenters. The molecule has 0 N–H and O–H groups in total. The van der Waals surface area contributed by atoms with E-state index in [1.165, 1.54) is 7.11 Å². The van der Waals surface area contributed by atoms with Crippen LogP contribution in [0.1, 0.15) is 47.0 Å². The molecule has 1 heterocycles. The van der Waals surface area contributed by atoms with Crippen molar-refractivity contribution < 1.29 is 23.6 Å². The van der Waals surface area contributed by atoms with E-state index in [-0.39, 0.29) is 24.3 Å². The molecule has 118 valence electrons. The zero-order valence-corrected chi connectivity index (χ0v) is 13.8. The molecule has 0 aromatic rings. The molecule has 21 heavy (non-hydrogen) atoms. The summed E-state index contributed by atoms with van der Waals surface area (Å²) in [7, 11) is 2.59. The van der Waals surface area contributed by atoms with Gasteiger partial charge in [0.15, 0.2) is 5.60 Å². The Morgan fingerprint density at radius 1 is 1.19 bits per heavy atom. The van der Waals surface area contributed by atoms with Crippen molar-refractivity contribution in [2.75, 3.05) is 14.2 Å². The molecule has 1 aliphatic carbocycles. The smallest absolute Gasteiger partial charge is 0.467 e. The first-order valence-electron chi connectivity index (χ1n) is 7.35. The van der Waals surface area contributed by atoms with Crippen molar-refractivity contribution in [1.82, 2.24) is 0 Å². The van der Waals surface area contributed by atoms with Crippen molar-refractivity contribution in [1.29, 1.82) is 0 Å². The van der Waals surface area contributed by atoms with Crippen LogP contribution < -0.4 is 0 Å². The number of hydrogen-bond donors (Lipinski definition) is 0. The summed E-state index contributed by atoms with van der Waals surface area (Å²) in [4.78, 5) is 11.9. The summed E-state index contributed by atoms with van der Waals surface area (Å²) < 4.78 is 22.4. The second kappa shape index (κ2) is 5.41. The molecule has 0 bridgehead atoms. The normalized spacial score (nSPS) is 31.0. The van der Waals surface area contributed by atoms with Crippen LogP contribution in [0, 0.1) is 0 Å². The molecule has 0 aromatic carbocycles. The number of carbonyl (C=O) groups is 1. The highest BCUT2D eigenvalue weighted by Gasteiger charge is 2.53. The van der Waals surface area contributed by atoms with Crippen molar-refractivity contribution in [2.24, 2.45) is 0 Å². The van der Waals surface area contributed by atoms with E-state index in [0.29, 0.717) is 19.3 Å². The van der Waals surface area contributed by atoms with Crippen LogP contribution in [0.2, 0.25) is 0 Å². The maximum atomic E-state index is 11.9. The predicted molar refractivity (Wildman–Crippen MR) is 79.8 cm³/mol. The first-order chi connectivity index (χ1) is 9.67. The summed E-state index contributed by atoms with van der Waals surface area (Å²) in [5.74, 6) is -0.325. The lowest BCUT2D eigenvalue weighted by molar-refractivity contribution is -0.167. The third kappa shape index (κ3) is 2.76. The van der Waals surface area contributed by atoms with Gasteiger partial charge < -0.3 is 18.8 Å². The number of allylic oxidation sites excluding steroid dienone is 1. The van der Waals surface area contributed by atoms with E-state index < -0.39 is 5.60 Å². The maximum Gasteiger partial charge on any atom is 0.490 e. The van der Waals surface area contributed by atoms with E-state index in [0.717, 1.165) is 5.47 Å². The summed E-state index contributed by atoms with van der Waals surface area (Å²) in [5, 5.41) is 0. The van der Waals surface area contributed by atoms with Gasteiger partial charge in [-0.3, -0.25) is 0 Å². The van der Waals surface area contributed by atoms with Crippen LogP contribution in [0.15, 0.2) is 11.5 Å². The van der Waals surface area contributed by atoms with Crippen LogP contribution in [-0.2, 0) is 23.6 Å². The van der Waals surface area contributed by atoms with Crippen LogP contribution in [0.5, 0.6) is 0 Å². The van der Waals surface area contributed by atoms with Crippen LogP contribution >= 0.6 is 0 Å². The van der Waals surface area contributed by atoms with Crippen molar-refractivity contribution in [3.8, 4) is 0 Å². The van der Waals surface area contributed by atoms with Gasteiger partial charge in [-0.05, 0) is 46.0 Å². The number of ether oxygens (including phenoxy) is 2. The lowest BCUT2D eigenvalue weighted by atomic mass is 9.69. The Kier molecular flexibility index (Phi) is 4.26. The summed E-state index contributed by atoms with van der Waals surface area (Å²) in [6, 6.07) is 0. The predicted octanol–water partition coefficient (Wildman–Crippen LogP) is 2.29. The van der Waals surface area contributed by atoms with Crippen LogP contribution in [0.3, 0.4) is 0 Å². The van der Waals surface area contributed by atoms with Crippen molar-refractivity contribution >= 4 is 13.1 Å². The first-order valence-corrected chi connectivity index (χ1v) is 7.35. The number of methoxy groups -OCH3 is 2. The molecule has 0 saturated carbocycles. The molecular weight excluding hydrogens is 271 g/mol. The second-order valence-corrected chi connectivity index (χ2v) is 6.76. The largest absolute Gasteiger partial charge is 0.490 e. The Morgan fingerprint density at radius 3 is 2.14 bits per heavy atom.